The van der Waals surface area contributed by atoms with Crippen LogP contribution >= 0.6 is 11.6 Å². The Morgan fingerprint density at radius 1 is 1.29 bits per heavy atom. The van der Waals surface area contributed by atoms with Gasteiger partial charge in [0.05, 0.1) is 11.8 Å². The van der Waals surface area contributed by atoms with Gasteiger partial charge in [0.2, 0.25) is 5.95 Å². The Balaban J connectivity index is 1.94. The molecule has 3 rings (SSSR count). The maximum Gasteiger partial charge on any atom is 0.268 e. The van der Waals surface area contributed by atoms with Crippen LogP contribution < -0.4 is 9.62 Å². The second-order valence-electron chi connectivity index (χ2n) is 7.49. The van der Waals surface area contributed by atoms with Gasteiger partial charge in [-0.15, -0.1) is 0 Å². The van der Waals surface area contributed by atoms with Gasteiger partial charge >= 0.3 is 0 Å². The molecule has 170 valence electrons. The lowest BCUT2D eigenvalue weighted by atomic mass is 10.1. The van der Waals surface area contributed by atoms with Crippen LogP contribution in [0.1, 0.15) is 0 Å². The maximum atomic E-state index is 15.0. The van der Waals surface area contributed by atoms with E-state index in [1.54, 1.807) is 12.0 Å². The molecule has 0 amide bonds. The highest BCUT2D eigenvalue weighted by molar-refractivity contribution is 7.92. The predicted octanol–water partition coefficient (Wildman–Crippen LogP) is 2.97. The standard InChI is InChI=1S/C19H22ClF3N4O3S/c1-26(2)8-11-9-27(10-14(11)30-3)13-7-12(21)19(18(23)17(13)20)31(28,29)25-16-6-4-5-15(22)24-16/h4-7,11,14H,8-10H2,1-3H3,(H,24,25). The topological polar surface area (TPSA) is 74.8 Å². The Kier molecular flexibility index (Phi) is 6.99. The van der Waals surface area contributed by atoms with E-state index in [2.05, 4.69) is 4.98 Å². The number of hydrogen-bond acceptors (Lipinski definition) is 6. The minimum absolute atomic E-state index is 0.0304. The number of rotatable bonds is 7. The average Bonchev–Trinajstić information content (AvgIpc) is 3.06. The van der Waals surface area contributed by atoms with Crippen LogP contribution in [0.4, 0.5) is 24.7 Å². The van der Waals surface area contributed by atoms with Crippen molar-refractivity contribution in [3.05, 3.63) is 46.9 Å². The summed E-state index contributed by atoms with van der Waals surface area (Å²) in [4.78, 5) is 5.71. The van der Waals surface area contributed by atoms with E-state index in [4.69, 9.17) is 16.3 Å². The van der Waals surface area contributed by atoms with Gasteiger partial charge in [0.1, 0.15) is 16.7 Å². The predicted molar refractivity (Wildman–Crippen MR) is 111 cm³/mol. The molecule has 0 aliphatic carbocycles. The molecule has 1 aromatic carbocycles. The van der Waals surface area contributed by atoms with E-state index < -0.39 is 43.3 Å². The van der Waals surface area contributed by atoms with Gasteiger partial charge in [0.25, 0.3) is 10.0 Å². The van der Waals surface area contributed by atoms with Crippen molar-refractivity contribution in [2.75, 3.05) is 50.5 Å². The fraction of sp³-hybridized carbons (Fsp3) is 0.421. The van der Waals surface area contributed by atoms with Crippen molar-refractivity contribution in [2.45, 2.75) is 11.0 Å². The van der Waals surface area contributed by atoms with Gasteiger partial charge < -0.3 is 14.5 Å². The van der Waals surface area contributed by atoms with Gasteiger partial charge in [-0.05, 0) is 26.2 Å². The van der Waals surface area contributed by atoms with E-state index in [1.807, 2.05) is 23.7 Å². The molecule has 2 unspecified atom stereocenters. The normalized spacial score (nSPS) is 19.3. The van der Waals surface area contributed by atoms with Gasteiger partial charge in [-0.25, -0.2) is 22.2 Å². The van der Waals surface area contributed by atoms with E-state index in [9.17, 15) is 21.6 Å². The molecule has 1 N–H and O–H groups in total. The number of nitrogens with zero attached hydrogens (tertiary/aromatic N) is 3. The summed E-state index contributed by atoms with van der Waals surface area (Å²) in [6, 6.07) is 4.22. The molecule has 2 heterocycles. The molecule has 12 heteroatoms. The van der Waals surface area contributed by atoms with E-state index in [0.717, 1.165) is 18.2 Å². The number of pyridine rings is 1. The van der Waals surface area contributed by atoms with Crippen LogP contribution in [-0.4, -0.2) is 65.2 Å². The number of hydrogen-bond donors (Lipinski definition) is 1. The van der Waals surface area contributed by atoms with Crippen LogP contribution in [0.15, 0.2) is 29.2 Å². The smallest absolute Gasteiger partial charge is 0.268 e. The first-order chi connectivity index (χ1) is 14.5. The van der Waals surface area contributed by atoms with Gasteiger partial charge in [0.15, 0.2) is 10.7 Å². The maximum absolute atomic E-state index is 15.0. The number of aromatic nitrogens is 1. The molecule has 0 saturated carbocycles. The highest BCUT2D eigenvalue weighted by atomic mass is 35.5. The van der Waals surface area contributed by atoms with Crippen LogP contribution in [0.3, 0.4) is 0 Å². The molecule has 1 aromatic heterocycles. The Hall–Kier alpha value is -2.08. The summed E-state index contributed by atoms with van der Waals surface area (Å²) in [7, 11) is 0.606. The van der Waals surface area contributed by atoms with Crippen molar-refractivity contribution >= 4 is 33.1 Å². The summed E-state index contributed by atoms with van der Waals surface area (Å²) >= 11 is 6.13. The lowest BCUT2D eigenvalue weighted by Gasteiger charge is -2.22. The number of halogens is 4. The van der Waals surface area contributed by atoms with Gasteiger partial charge in [-0.3, -0.25) is 4.72 Å². The summed E-state index contributed by atoms with van der Waals surface area (Å²) in [5, 5.41) is -0.533. The third-order valence-electron chi connectivity index (χ3n) is 4.94. The zero-order valence-electron chi connectivity index (χ0n) is 17.1. The van der Waals surface area contributed by atoms with Crippen LogP contribution in [-0.2, 0) is 14.8 Å². The minimum atomic E-state index is -4.76. The van der Waals surface area contributed by atoms with E-state index in [1.165, 1.54) is 6.07 Å². The van der Waals surface area contributed by atoms with Crippen molar-refractivity contribution in [1.29, 1.82) is 0 Å². The molecule has 1 fully saturated rings. The van der Waals surface area contributed by atoms with Gasteiger partial charge in [-0.1, -0.05) is 17.7 Å². The molecular formula is C19H22ClF3N4O3S. The Bertz CT molecular complexity index is 1070. The van der Waals surface area contributed by atoms with Crippen LogP contribution in [0.2, 0.25) is 5.02 Å². The fourth-order valence-corrected chi connectivity index (χ4v) is 5.11. The van der Waals surface area contributed by atoms with Crippen molar-refractivity contribution in [2.24, 2.45) is 5.92 Å². The lowest BCUT2D eigenvalue weighted by Crippen LogP contribution is -2.30. The Morgan fingerprint density at radius 3 is 2.61 bits per heavy atom. The number of nitrogens with one attached hydrogen (secondary N) is 1. The summed E-state index contributed by atoms with van der Waals surface area (Å²) in [6.45, 7) is 1.45. The SMILES string of the molecule is COC1CN(c2cc(F)c(S(=O)(=O)Nc3cccc(F)n3)c(F)c2Cl)CC1CN(C)C. The first-order valence-electron chi connectivity index (χ1n) is 9.28. The average molecular weight is 479 g/mol. The van der Waals surface area contributed by atoms with Crippen molar-refractivity contribution in [1.82, 2.24) is 9.88 Å². The third kappa shape index (κ3) is 5.05. The molecule has 31 heavy (non-hydrogen) atoms. The van der Waals surface area contributed by atoms with Crippen LogP contribution in [0.5, 0.6) is 0 Å². The zero-order valence-corrected chi connectivity index (χ0v) is 18.6. The number of benzene rings is 1. The summed E-state index contributed by atoms with van der Waals surface area (Å²) < 4.78 is 75.5. The molecule has 1 saturated heterocycles. The van der Waals surface area contributed by atoms with Crippen molar-refractivity contribution < 1.29 is 26.3 Å². The summed E-state index contributed by atoms with van der Waals surface area (Å²) in [5.41, 5.74) is 0.0304. The number of methoxy groups -OCH3 is 1. The molecule has 0 spiro atoms. The molecule has 0 bridgehead atoms. The van der Waals surface area contributed by atoms with Crippen LogP contribution in [0, 0.1) is 23.5 Å². The fourth-order valence-electron chi connectivity index (χ4n) is 3.65. The minimum Gasteiger partial charge on any atom is -0.379 e. The zero-order chi connectivity index (χ0) is 22.9. The number of anilines is 2. The van der Waals surface area contributed by atoms with Gasteiger partial charge in [-0.2, -0.15) is 4.39 Å². The number of sulfonamides is 1. The third-order valence-corrected chi connectivity index (χ3v) is 6.69. The van der Waals surface area contributed by atoms with E-state index in [-0.39, 0.29) is 17.7 Å². The second kappa shape index (κ2) is 9.19. The van der Waals surface area contributed by atoms with Gasteiger partial charge in [0, 0.05) is 38.7 Å². The quantitative estimate of drug-likeness (QED) is 0.487. The molecule has 2 atom stereocenters. The van der Waals surface area contributed by atoms with E-state index >= 15 is 0 Å². The summed E-state index contributed by atoms with van der Waals surface area (Å²) in [6.07, 6.45) is -0.186. The molecule has 7 nitrogen and oxygen atoms in total. The van der Waals surface area contributed by atoms with Crippen molar-refractivity contribution in [3.63, 3.8) is 0 Å². The molecule has 1 aliphatic heterocycles. The van der Waals surface area contributed by atoms with Crippen LogP contribution in [0.25, 0.3) is 0 Å². The number of ether oxygens (including phenoxy) is 1. The molecular weight excluding hydrogens is 457 g/mol. The monoisotopic (exact) mass is 478 g/mol. The summed E-state index contributed by atoms with van der Waals surface area (Å²) in [5.74, 6) is -4.08. The second-order valence-corrected chi connectivity index (χ2v) is 9.48. The van der Waals surface area contributed by atoms with E-state index in [0.29, 0.717) is 19.6 Å². The highest BCUT2D eigenvalue weighted by Crippen LogP contribution is 2.37. The Morgan fingerprint density at radius 2 is 2.00 bits per heavy atom. The highest BCUT2D eigenvalue weighted by Gasteiger charge is 2.36. The van der Waals surface area contributed by atoms with Crippen molar-refractivity contribution in [3.8, 4) is 0 Å². The first-order valence-corrected chi connectivity index (χ1v) is 11.1. The molecule has 0 radical (unpaired) electrons. The first kappa shape index (κ1) is 23.6. The molecule has 1 aliphatic rings. The lowest BCUT2D eigenvalue weighted by molar-refractivity contribution is 0.0733. The Labute approximate surface area is 183 Å². The molecule has 2 aromatic rings. The largest absolute Gasteiger partial charge is 0.379 e.